The van der Waals surface area contributed by atoms with Crippen molar-refractivity contribution >= 4 is 17.7 Å². The van der Waals surface area contributed by atoms with E-state index in [9.17, 15) is 24.1 Å². The minimum Gasteiger partial charge on any atom is -0.444 e. The monoisotopic (exact) mass is 661 g/mol. The highest BCUT2D eigenvalue weighted by atomic mass is 19.1. The van der Waals surface area contributed by atoms with Crippen LogP contribution in [0.25, 0.3) is 11.3 Å². The molecule has 2 amide bonds. The molecule has 48 heavy (non-hydrogen) atoms. The standard InChI is InChI=1S/C36H41F2N5O5/c1-35(2,3)31(32-40-30(28-21-26(37)15-18-29(28)38)23-41(32)22-24-11-8-7-9-12-24)42(20-10-19-39-34(45)48-36(4,5)6)33(44)25-13-16-27(17-14-25)43(46)47/h7-9,11-18,21,23,31H,10,19-20,22H2,1-6H3,(H,39,45)/t31-/m0/s1. The summed E-state index contributed by atoms with van der Waals surface area (Å²) in [7, 11) is 0. The highest BCUT2D eigenvalue weighted by Gasteiger charge is 2.39. The molecule has 4 aromatic rings. The smallest absolute Gasteiger partial charge is 0.407 e. The largest absolute Gasteiger partial charge is 0.444 e. The van der Waals surface area contributed by atoms with Gasteiger partial charge < -0.3 is 19.5 Å². The fraction of sp³-hybridized carbons (Fsp3) is 0.361. The van der Waals surface area contributed by atoms with Gasteiger partial charge in [-0.05, 0) is 68.5 Å². The molecule has 0 aliphatic rings. The number of ether oxygens (including phenoxy) is 1. The number of carbonyl (C=O) groups excluding carboxylic acids is 2. The van der Waals surface area contributed by atoms with Gasteiger partial charge in [0.15, 0.2) is 0 Å². The molecule has 10 nitrogen and oxygen atoms in total. The molecule has 0 unspecified atom stereocenters. The van der Waals surface area contributed by atoms with Crippen LogP contribution >= 0.6 is 0 Å². The molecule has 1 N–H and O–H groups in total. The first-order valence-electron chi connectivity index (χ1n) is 15.6. The van der Waals surface area contributed by atoms with Crippen LogP contribution in [0.15, 0.2) is 79.0 Å². The number of hydrogen-bond donors (Lipinski definition) is 1. The molecule has 0 saturated carbocycles. The molecule has 0 bridgehead atoms. The van der Waals surface area contributed by atoms with E-state index in [-0.39, 0.29) is 35.6 Å². The van der Waals surface area contributed by atoms with E-state index in [0.717, 1.165) is 23.8 Å². The van der Waals surface area contributed by atoms with E-state index >= 15 is 4.39 Å². The third-order valence-electron chi connectivity index (χ3n) is 7.41. The van der Waals surface area contributed by atoms with Gasteiger partial charge in [-0.3, -0.25) is 14.9 Å². The lowest BCUT2D eigenvalue weighted by molar-refractivity contribution is -0.384. The Labute approximate surface area is 278 Å². The van der Waals surface area contributed by atoms with Crippen molar-refractivity contribution in [1.29, 1.82) is 0 Å². The Balaban J connectivity index is 1.81. The van der Waals surface area contributed by atoms with Crippen molar-refractivity contribution in [2.75, 3.05) is 13.1 Å². The Kier molecular flexibility index (Phi) is 11.0. The van der Waals surface area contributed by atoms with Gasteiger partial charge in [0.05, 0.1) is 16.7 Å². The van der Waals surface area contributed by atoms with Crippen molar-refractivity contribution in [2.45, 2.75) is 66.2 Å². The minimum absolute atomic E-state index is 0.0227. The van der Waals surface area contributed by atoms with Gasteiger partial charge in [0, 0.05) is 49.1 Å². The number of carbonyl (C=O) groups is 2. The van der Waals surface area contributed by atoms with E-state index in [2.05, 4.69) is 5.32 Å². The maximum Gasteiger partial charge on any atom is 0.407 e. The Morgan fingerprint density at radius 2 is 1.67 bits per heavy atom. The van der Waals surface area contributed by atoms with E-state index in [1.165, 1.54) is 24.3 Å². The topological polar surface area (TPSA) is 120 Å². The van der Waals surface area contributed by atoms with E-state index in [1.54, 1.807) is 31.9 Å². The van der Waals surface area contributed by atoms with Gasteiger partial charge in [0.25, 0.3) is 11.6 Å². The summed E-state index contributed by atoms with van der Waals surface area (Å²) in [6.45, 7) is 11.8. The predicted octanol–water partition coefficient (Wildman–Crippen LogP) is 7.93. The molecule has 0 fully saturated rings. The van der Waals surface area contributed by atoms with E-state index < -0.39 is 45.6 Å². The first kappa shape index (κ1) is 35.7. The van der Waals surface area contributed by atoms with Crippen LogP contribution in [-0.4, -0.2) is 50.1 Å². The van der Waals surface area contributed by atoms with Gasteiger partial charge in [-0.2, -0.15) is 0 Å². The summed E-state index contributed by atoms with van der Waals surface area (Å²) in [5.41, 5.74) is -0.197. The zero-order valence-corrected chi connectivity index (χ0v) is 28.0. The maximum absolute atomic E-state index is 15.1. The minimum atomic E-state index is -0.726. The van der Waals surface area contributed by atoms with Crippen LogP contribution in [0.2, 0.25) is 0 Å². The number of hydrogen-bond acceptors (Lipinski definition) is 6. The number of amides is 2. The molecule has 3 aromatic carbocycles. The molecule has 1 heterocycles. The number of nitro groups is 1. The normalized spacial score (nSPS) is 12.3. The number of nitrogens with one attached hydrogen (secondary N) is 1. The number of aromatic nitrogens is 2. The van der Waals surface area contributed by atoms with Crippen LogP contribution in [0.4, 0.5) is 19.3 Å². The highest BCUT2D eigenvalue weighted by Crippen LogP contribution is 2.40. The summed E-state index contributed by atoms with van der Waals surface area (Å²) in [6, 6.07) is 17.3. The summed E-state index contributed by atoms with van der Waals surface area (Å²) in [5, 5.41) is 14.0. The van der Waals surface area contributed by atoms with Gasteiger partial charge in [-0.25, -0.2) is 18.6 Å². The molecular weight excluding hydrogens is 620 g/mol. The fourth-order valence-corrected chi connectivity index (χ4v) is 5.37. The van der Waals surface area contributed by atoms with Crippen LogP contribution < -0.4 is 5.32 Å². The van der Waals surface area contributed by atoms with E-state index in [4.69, 9.17) is 9.72 Å². The van der Waals surface area contributed by atoms with Crippen molar-refractivity contribution in [3.8, 4) is 11.3 Å². The summed E-state index contributed by atoms with van der Waals surface area (Å²) >= 11 is 0. The van der Waals surface area contributed by atoms with Crippen molar-refractivity contribution in [1.82, 2.24) is 19.8 Å². The molecule has 0 radical (unpaired) electrons. The van der Waals surface area contributed by atoms with Gasteiger partial charge in [-0.15, -0.1) is 0 Å². The van der Waals surface area contributed by atoms with Gasteiger partial charge in [0.2, 0.25) is 0 Å². The number of halogens is 2. The fourth-order valence-electron chi connectivity index (χ4n) is 5.37. The third-order valence-corrected chi connectivity index (χ3v) is 7.41. The van der Waals surface area contributed by atoms with Crippen LogP contribution in [0.1, 0.15) is 75.8 Å². The van der Waals surface area contributed by atoms with Crippen LogP contribution in [-0.2, 0) is 11.3 Å². The second kappa shape index (κ2) is 14.7. The van der Waals surface area contributed by atoms with Crippen molar-refractivity contribution in [3.63, 3.8) is 0 Å². The lowest BCUT2D eigenvalue weighted by Gasteiger charge is -2.40. The van der Waals surface area contributed by atoms with Crippen molar-refractivity contribution < 1.29 is 28.0 Å². The Morgan fingerprint density at radius 1 is 1.00 bits per heavy atom. The Morgan fingerprint density at radius 3 is 2.27 bits per heavy atom. The SMILES string of the molecule is CC(C)(C)OC(=O)NCCCN(C(=O)c1ccc([N+](=O)[O-])cc1)[C@@H](c1nc(-c2cc(F)ccc2F)cn1Cc1ccccc1)C(C)(C)C. The number of rotatable bonds is 11. The average molecular weight is 662 g/mol. The van der Waals surface area contributed by atoms with Gasteiger partial charge in [-0.1, -0.05) is 51.1 Å². The number of nitrogens with zero attached hydrogens (tertiary/aromatic N) is 4. The Hall–Kier alpha value is -5.13. The molecule has 1 atom stereocenters. The second-order valence-electron chi connectivity index (χ2n) is 13.6. The third kappa shape index (κ3) is 9.24. The molecule has 4 rings (SSSR count). The first-order valence-corrected chi connectivity index (χ1v) is 15.6. The molecular formula is C36H41F2N5O5. The molecule has 1 aromatic heterocycles. The number of non-ortho nitro benzene ring substituents is 1. The van der Waals surface area contributed by atoms with Crippen LogP contribution in [0.3, 0.4) is 0 Å². The number of imidazole rings is 1. The zero-order chi connectivity index (χ0) is 35.2. The summed E-state index contributed by atoms with van der Waals surface area (Å²) in [5.74, 6) is -1.26. The summed E-state index contributed by atoms with van der Waals surface area (Å²) < 4.78 is 36.6. The van der Waals surface area contributed by atoms with Gasteiger partial charge >= 0.3 is 6.09 Å². The van der Waals surface area contributed by atoms with Crippen LogP contribution in [0, 0.1) is 27.2 Å². The molecule has 12 heteroatoms. The second-order valence-corrected chi connectivity index (χ2v) is 13.6. The van der Waals surface area contributed by atoms with Gasteiger partial charge in [0.1, 0.15) is 23.1 Å². The lowest BCUT2D eigenvalue weighted by Crippen LogP contribution is -2.44. The lowest BCUT2D eigenvalue weighted by atomic mass is 9.84. The number of nitro benzene ring substituents is 1. The first-order chi connectivity index (χ1) is 22.5. The highest BCUT2D eigenvalue weighted by molar-refractivity contribution is 5.94. The Bertz CT molecular complexity index is 1750. The summed E-state index contributed by atoms with van der Waals surface area (Å²) in [6.07, 6.45) is 1.38. The van der Waals surface area contributed by atoms with Crippen LogP contribution in [0.5, 0.6) is 0 Å². The summed E-state index contributed by atoms with van der Waals surface area (Å²) in [4.78, 5) is 43.9. The molecule has 0 aliphatic carbocycles. The molecule has 0 spiro atoms. The zero-order valence-electron chi connectivity index (χ0n) is 28.0. The predicted molar refractivity (Wildman–Crippen MR) is 178 cm³/mol. The molecule has 0 saturated heterocycles. The van der Waals surface area contributed by atoms with E-state index in [1.807, 2.05) is 55.7 Å². The van der Waals surface area contributed by atoms with Crippen molar-refractivity contribution in [2.24, 2.45) is 5.41 Å². The van der Waals surface area contributed by atoms with Crippen molar-refractivity contribution in [3.05, 3.63) is 118 Å². The van der Waals surface area contributed by atoms with E-state index in [0.29, 0.717) is 18.8 Å². The number of alkyl carbamates (subject to hydrolysis) is 1. The molecule has 0 aliphatic heterocycles. The average Bonchev–Trinajstić information content (AvgIpc) is 3.40. The maximum atomic E-state index is 15.1. The number of benzene rings is 3. The molecule has 254 valence electrons. The quantitative estimate of drug-likeness (QED) is 0.0991.